The second kappa shape index (κ2) is 7.34. The fourth-order valence-electron chi connectivity index (χ4n) is 2.96. The summed E-state index contributed by atoms with van der Waals surface area (Å²) in [5.74, 6) is 2.10. The number of ether oxygens (including phenoxy) is 3. The highest BCUT2D eigenvalue weighted by atomic mass is 16.5. The number of urea groups is 1. The first-order valence-electron chi connectivity index (χ1n) is 8.08. The van der Waals surface area contributed by atoms with Gasteiger partial charge in [0.25, 0.3) is 0 Å². The van der Waals surface area contributed by atoms with Crippen LogP contribution in [0, 0.1) is 0 Å². The van der Waals surface area contributed by atoms with Crippen LogP contribution in [-0.4, -0.2) is 38.8 Å². The third kappa shape index (κ3) is 3.63. The van der Waals surface area contributed by atoms with Crippen molar-refractivity contribution in [2.75, 3.05) is 33.2 Å². The Kier molecular flexibility index (Phi) is 4.97. The summed E-state index contributed by atoms with van der Waals surface area (Å²) in [6.45, 7) is 1.18. The van der Waals surface area contributed by atoms with E-state index >= 15 is 0 Å². The lowest BCUT2D eigenvalue weighted by molar-refractivity contribution is 0.206. The van der Waals surface area contributed by atoms with Gasteiger partial charge in [-0.15, -0.1) is 0 Å². The number of fused-ring (bicyclic) bond motifs is 1. The number of rotatable bonds is 4. The Morgan fingerprint density at radius 2 is 1.72 bits per heavy atom. The summed E-state index contributed by atoms with van der Waals surface area (Å²) in [7, 11) is 4.84. The number of carbonyl (C=O) groups excluding carboxylic acids is 1. The molecule has 2 amide bonds. The van der Waals surface area contributed by atoms with Gasteiger partial charge in [-0.25, -0.2) is 4.79 Å². The standard InChI is InChI=1S/C19H22N2O4/c1-23-16-6-4-5-15(11-16)20-19(22)21-8-7-13-9-17(24-2)18(25-3)10-14(13)12-21/h4-6,9-11H,7-8,12H2,1-3H3,(H,20,22). The van der Waals surface area contributed by atoms with Gasteiger partial charge in [0.15, 0.2) is 11.5 Å². The second-order valence-corrected chi connectivity index (χ2v) is 5.81. The number of carbonyl (C=O) groups is 1. The number of anilines is 1. The molecule has 0 bridgehead atoms. The Balaban J connectivity index is 1.74. The average Bonchev–Trinajstić information content (AvgIpc) is 2.66. The van der Waals surface area contributed by atoms with Gasteiger partial charge >= 0.3 is 6.03 Å². The number of amides is 2. The molecule has 0 saturated carbocycles. The maximum atomic E-state index is 12.6. The quantitative estimate of drug-likeness (QED) is 0.926. The van der Waals surface area contributed by atoms with Crippen molar-refractivity contribution in [1.82, 2.24) is 4.90 Å². The maximum Gasteiger partial charge on any atom is 0.322 e. The summed E-state index contributed by atoms with van der Waals surface area (Å²) in [6, 6.07) is 11.1. The van der Waals surface area contributed by atoms with E-state index in [4.69, 9.17) is 14.2 Å². The van der Waals surface area contributed by atoms with Crippen LogP contribution in [0.25, 0.3) is 0 Å². The fraction of sp³-hybridized carbons (Fsp3) is 0.316. The molecule has 0 fully saturated rings. The van der Waals surface area contributed by atoms with Crippen LogP contribution >= 0.6 is 0 Å². The normalized spacial score (nSPS) is 13.0. The summed E-state index contributed by atoms with van der Waals surface area (Å²) in [6.07, 6.45) is 0.779. The van der Waals surface area contributed by atoms with Crippen molar-refractivity contribution in [1.29, 1.82) is 0 Å². The highest BCUT2D eigenvalue weighted by Gasteiger charge is 2.23. The molecule has 3 rings (SSSR count). The molecule has 1 aliphatic rings. The molecule has 1 N–H and O–H groups in total. The molecule has 2 aromatic rings. The first kappa shape index (κ1) is 17.0. The van der Waals surface area contributed by atoms with Crippen LogP contribution in [0.5, 0.6) is 17.2 Å². The lowest BCUT2D eigenvalue weighted by Gasteiger charge is -2.29. The first-order valence-corrected chi connectivity index (χ1v) is 8.08. The Bertz CT molecular complexity index is 776. The van der Waals surface area contributed by atoms with E-state index in [2.05, 4.69) is 5.32 Å². The SMILES string of the molecule is COc1cccc(NC(=O)N2CCc3cc(OC)c(OC)cc3C2)c1. The molecule has 0 atom stereocenters. The Labute approximate surface area is 147 Å². The smallest absolute Gasteiger partial charge is 0.322 e. The number of hydrogen-bond donors (Lipinski definition) is 1. The van der Waals surface area contributed by atoms with Crippen LogP contribution in [0.4, 0.5) is 10.5 Å². The zero-order valence-corrected chi connectivity index (χ0v) is 14.7. The lowest BCUT2D eigenvalue weighted by atomic mass is 9.99. The van der Waals surface area contributed by atoms with Gasteiger partial charge < -0.3 is 24.4 Å². The monoisotopic (exact) mass is 342 g/mol. The van der Waals surface area contributed by atoms with E-state index in [0.717, 1.165) is 17.7 Å². The molecule has 1 heterocycles. The van der Waals surface area contributed by atoms with Crippen LogP contribution in [0.1, 0.15) is 11.1 Å². The van der Waals surface area contributed by atoms with E-state index in [-0.39, 0.29) is 6.03 Å². The van der Waals surface area contributed by atoms with Crippen molar-refractivity contribution in [2.45, 2.75) is 13.0 Å². The average molecular weight is 342 g/mol. The van der Waals surface area contributed by atoms with Crippen molar-refractivity contribution in [3.63, 3.8) is 0 Å². The Morgan fingerprint density at radius 3 is 2.40 bits per heavy atom. The molecule has 0 aromatic heterocycles. The largest absolute Gasteiger partial charge is 0.497 e. The first-order chi connectivity index (χ1) is 12.1. The summed E-state index contributed by atoms with van der Waals surface area (Å²) >= 11 is 0. The van der Waals surface area contributed by atoms with Crippen molar-refractivity contribution >= 4 is 11.7 Å². The van der Waals surface area contributed by atoms with Crippen LogP contribution in [0.15, 0.2) is 36.4 Å². The summed E-state index contributed by atoms with van der Waals surface area (Å²) in [5.41, 5.74) is 2.97. The summed E-state index contributed by atoms with van der Waals surface area (Å²) in [4.78, 5) is 14.4. The minimum absolute atomic E-state index is 0.131. The topological polar surface area (TPSA) is 60.0 Å². The number of nitrogens with zero attached hydrogens (tertiary/aromatic N) is 1. The zero-order chi connectivity index (χ0) is 17.8. The van der Waals surface area contributed by atoms with E-state index in [9.17, 15) is 4.79 Å². The molecule has 0 saturated heterocycles. The van der Waals surface area contributed by atoms with Crippen molar-refractivity contribution in [2.24, 2.45) is 0 Å². The third-order valence-corrected chi connectivity index (χ3v) is 4.33. The molecule has 0 radical (unpaired) electrons. The lowest BCUT2D eigenvalue weighted by Crippen LogP contribution is -2.38. The van der Waals surface area contributed by atoms with Gasteiger partial charge in [0.2, 0.25) is 0 Å². The summed E-state index contributed by atoms with van der Waals surface area (Å²) < 4.78 is 15.9. The van der Waals surface area contributed by atoms with Crippen LogP contribution in [0.3, 0.4) is 0 Å². The van der Waals surface area contributed by atoms with Crippen molar-refractivity contribution in [3.05, 3.63) is 47.5 Å². The van der Waals surface area contributed by atoms with Crippen molar-refractivity contribution < 1.29 is 19.0 Å². The predicted molar refractivity (Wildman–Crippen MR) is 95.7 cm³/mol. The van der Waals surface area contributed by atoms with E-state index in [1.54, 1.807) is 32.3 Å². The van der Waals surface area contributed by atoms with E-state index in [1.807, 2.05) is 30.3 Å². The van der Waals surface area contributed by atoms with Gasteiger partial charge in [0.05, 0.1) is 21.3 Å². The predicted octanol–water partition coefficient (Wildman–Crippen LogP) is 3.30. The number of methoxy groups -OCH3 is 3. The molecule has 132 valence electrons. The maximum absolute atomic E-state index is 12.6. The molecule has 2 aromatic carbocycles. The third-order valence-electron chi connectivity index (χ3n) is 4.33. The molecular weight excluding hydrogens is 320 g/mol. The number of nitrogens with one attached hydrogen (secondary N) is 1. The second-order valence-electron chi connectivity index (χ2n) is 5.81. The molecule has 0 spiro atoms. The van der Waals surface area contributed by atoms with Gasteiger partial charge in [0, 0.05) is 24.8 Å². The van der Waals surface area contributed by atoms with Crippen LogP contribution in [0.2, 0.25) is 0 Å². The van der Waals surface area contributed by atoms with Crippen LogP contribution in [-0.2, 0) is 13.0 Å². The molecule has 25 heavy (non-hydrogen) atoms. The highest BCUT2D eigenvalue weighted by Crippen LogP contribution is 2.33. The zero-order valence-electron chi connectivity index (χ0n) is 14.7. The van der Waals surface area contributed by atoms with Gasteiger partial charge in [-0.2, -0.15) is 0 Å². The van der Waals surface area contributed by atoms with Gasteiger partial charge in [-0.05, 0) is 41.8 Å². The summed E-state index contributed by atoms with van der Waals surface area (Å²) in [5, 5.41) is 2.92. The fourth-order valence-corrected chi connectivity index (χ4v) is 2.96. The van der Waals surface area contributed by atoms with Crippen LogP contribution < -0.4 is 19.5 Å². The molecule has 0 aliphatic carbocycles. The minimum Gasteiger partial charge on any atom is -0.497 e. The van der Waals surface area contributed by atoms with Gasteiger partial charge in [-0.3, -0.25) is 0 Å². The Morgan fingerprint density at radius 1 is 1.00 bits per heavy atom. The molecule has 0 unspecified atom stereocenters. The van der Waals surface area contributed by atoms with E-state index < -0.39 is 0 Å². The molecule has 6 heteroatoms. The van der Waals surface area contributed by atoms with Gasteiger partial charge in [0.1, 0.15) is 5.75 Å². The molecule has 1 aliphatic heterocycles. The van der Waals surface area contributed by atoms with E-state index in [0.29, 0.717) is 30.3 Å². The van der Waals surface area contributed by atoms with Crippen molar-refractivity contribution in [3.8, 4) is 17.2 Å². The van der Waals surface area contributed by atoms with E-state index in [1.165, 1.54) is 5.56 Å². The molecular formula is C19H22N2O4. The number of hydrogen-bond acceptors (Lipinski definition) is 4. The Hall–Kier alpha value is -2.89. The minimum atomic E-state index is -0.131. The molecule has 6 nitrogen and oxygen atoms in total. The van der Waals surface area contributed by atoms with Gasteiger partial charge in [-0.1, -0.05) is 6.07 Å². The number of benzene rings is 2. The highest BCUT2D eigenvalue weighted by molar-refractivity contribution is 5.89.